The molecule has 1 unspecified atom stereocenters. The zero-order chi connectivity index (χ0) is 16.2. The number of carboxylic acids is 2. The van der Waals surface area contributed by atoms with Gasteiger partial charge in [0.05, 0.1) is 13.2 Å². The third kappa shape index (κ3) is 4.33. The van der Waals surface area contributed by atoms with Crippen molar-refractivity contribution >= 4 is 11.9 Å². The average molecular weight is 309 g/mol. The Hall–Kier alpha value is -1.30. The van der Waals surface area contributed by atoms with Gasteiger partial charge in [0.15, 0.2) is 0 Å². The lowest BCUT2D eigenvalue weighted by atomic mass is 10.0. The van der Waals surface area contributed by atoms with Gasteiger partial charge >= 0.3 is 11.9 Å². The minimum atomic E-state index is -2.27. The monoisotopic (exact) mass is 309 g/mol. The molecule has 10 heteroatoms. The summed E-state index contributed by atoms with van der Waals surface area (Å²) in [5.41, 5.74) is 0. The molecule has 1 aliphatic rings. The summed E-state index contributed by atoms with van der Waals surface area (Å²) in [7, 11) is 0. The van der Waals surface area contributed by atoms with E-state index in [-0.39, 0.29) is 6.42 Å². The van der Waals surface area contributed by atoms with Crippen molar-refractivity contribution in [1.82, 2.24) is 5.32 Å². The lowest BCUT2D eigenvalue weighted by Crippen LogP contribution is -2.53. The van der Waals surface area contributed by atoms with Crippen LogP contribution in [0.25, 0.3) is 0 Å². The molecule has 0 bridgehead atoms. The summed E-state index contributed by atoms with van der Waals surface area (Å²) in [6.45, 7) is -1.19. The molecule has 21 heavy (non-hydrogen) atoms. The first kappa shape index (κ1) is 17.8. The SMILES string of the molecule is O=C(O)CC[C@H](NCC1(O)O[C@H](CO)[C@@H](O)[C@@H]1O)C(=O)O. The summed E-state index contributed by atoms with van der Waals surface area (Å²) in [5.74, 6) is -4.77. The molecule has 0 saturated carbocycles. The highest BCUT2D eigenvalue weighted by Crippen LogP contribution is 2.28. The number of hydrogen-bond acceptors (Lipinski definition) is 8. The second-order valence-electron chi connectivity index (χ2n) is 4.82. The molecular weight excluding hydrogens is 290 g/mol. The van der Waals surface area contributed by atoms with Gasteiger partial charge in [-0.25, -0.2) is 0 Å². The molecule has 0 amide bonds. The number of nitrogens with one attached hydrogen (secondary N) is 1. The Balaban J connectivity index is 2.62. The molecule has 1 heterocycles. The Morgan fingerprint density at radius 1 is 1.29 bits per heavy atom. The fraction of sp³-hybridized carbons (Fsp3) is 0.818. The molecule has 10 nitrogen and oxygen atoms in total. The zero-order valence-electron chi connectivity index (χ0n) is 11.0. The molecule has 122 valence electrons. The van der Waals surface area contributed by atoms with Crippen LogP contribution in [-0.2, 0) is 14.3 Å². The minimum absolute atomic E-state index is 0.233. The maximum absolute atomic E-state index is 11.0. The summed E-state index contributed by atoms with van der Waals surface area (Å²) in [6, 6.07) is -1.27. The van der Waals surface area contributed by atoms with Gasteiger partial charge in [-0.2, -0.15) is 0 Å². The lowest BCUT2D eigenvalue weighted by Gasteiger charge is -2.27. The molecule has 1 aliphatic heterocycles. The number of aliphatic hydroxyl groups is 4. The van der Waals surface area contributed by atoms with Crippen molar-refractivity contribution in [2.24, 2.45) is 0 Å². The molecule has 7 N–H and O–H groups in total. The van der Waals surface area contributed by atoms with Crippen LogP contribution < -0.4 is 5.32 Å². The third-order valence-electron chi connectivity index (χ3n) is 3.25. The minimum Gasteiger partial charge on any atom is -0.481 e. The van der Waals surface area contributed by atoms with E-state index in [1.807, 2.05) is 0 Å². The van der Waals surface area contributed by atoms with Crippen LogP contribution >= 0.6 is 0 Å². The number of aliphatic carboxylic acids is 2. The number of rotatable bonds is 8. The van der Waals surface area contributed by atoms with E-state index in [4.69, 9.17) is 20.1 Å². The van der Waals surface area contributed by atoms with E-state index >= 15 is 0 Å². The average Bonchev–Trinajstić information content (AvgIpc) is 2.62. The van der Waals surface area contributed by atoms with Gasteiger partial charge in [-0.05, 0) is 6.42 Å². The number of carbonyl (C=O) groups is 2. The van der Waals surface area contributed by atoms with Crippen molar-refractivity contribution in [3.8, 4) is 0 Å². The van der Waals surface area contributed by atoms with Crippen LogP contribution in [0, 0.1) is 0 Å². The van der Waals surface area contributed by atoms with Crippen LogP contribution in [0.4, 0.5) is 0 Å². The largest absolute Gasteiger partial charge is 0.481 e. The predicted molar refractivity (Wildman–Crippen MR) is 65.2 cm³/mol. The fourth-order valence-corrected chi connectivity index (χ4v) is 2.01. The Labute approximate surface area is 119 Å². The second-order valence-corrected chi connectivity index (χ2v) is 4.82. The number of ether oxygens (including phenoxy) is 1. The molecule has 5 atom stereocenters. The van der Waals surface area contributed by atoms with Gasteiger partial charge in [0, 0.05) is 6.42 Å². The molecule has 0 aromatic carbocycles. The van der Waals surface area contributed by atoms with Crippen LogP contribution in [-0.4, -0.2) is 85.9 Å². The second kappa shape index (κ2) is 7.11. The van der Waals surface area contributed by atoms with Crippen molar-refractivity contribution in [1.29, 1.82) is 0 Å². The van der Waals surface area contributed by atoms with Crippen molar-refractivity contribution in [3.63, 3.8) is 0 Å². The van der Waals surface area contributed by atoms with E-state index in [9.17, 15) is 24.9 Å². The first-order valence-electron chi connectivity index (χ1n) is 6.26. The van der Waals surface area contributed by atoms with E-state index in [2.05, 4.69) is 5.32 Å². The Morgan fingerprint density at radius 2 is 1.90 bits per heavy atom. The van der Waals surface area contributed by atoms with Crippen molar-refractivity contribution in [3.05, 3.63) is 0 Å². The molecule has 1 saturated heterocycles. The molecular formula is C11H19NO9. The number of aliphatic hydroxyl groups excluding tert-OH is 3. The molecule has 0 aliphatic carbocycles. The summed E-state index contributed by atoms with van der Waals surface area (Å²) in [6.07, 6.45) is -5.09. The van der Waals surface area contributed by atoms with Crippen molar-refractivity contribution in [2.45, 2.75) is 43.0 Å². The van der Waals surface area contributed by atoms with Gasteiger partial charge in [-0.15, -0.1) is 0 Å². The topological polar surface area (TPSA) is 177 Å². The van der Waals surface area contributed by atoms with Gasteiger partial charge in [-0.3, -0.25) is 14.9 Å². The van der Waals surface area contributed by atoms with E-state index in [1.165, 1.54) is 0 Å². The molecule has 0 aromatic rings. The van der Waals surface area contributed by atoms with Gasteiger partial charge in [0.2, 0.25) is 5.79 Å². The highest BCUT2D eigenvalue weighted by atomic mass is 16.7. The van der Waals surface area contributed by atoms with Gasteiger partial charge in [0.25, 0.3) is 0 Å². The molecule has 1 rings (SSSR count). The van der Waals surface area contributed by atoms with Crippen LogP contribution in [0.1, 0.15) is 12.8 Å². The van der Waals surface area contributed by atoms with Crippen LogP contribution in [0.15, 0.2) is 0 Å². The van der Waals surface area contributed by atoms with Crippen molar-refractivity contribution < 1.29 is 45.0 Å². The maximum atomic E-state index is 11.0. The maximum Gasteiger partial charge on any atom is 0.320 e. The molecule has 1 fully saturated rings. The van der Waals surface area contributed by atoms with Gasteiger partial charge < -0.3 is 35.4 Å². The first-order valence-corrected chi connectivity index (χ1v) is 6.26. The highest BCUT2D eigenvalue weighted by molar-refractivity contribution is 5.75. The molecule has 0 radical (unpaired) electrons. The normalized spacial score (nSPS) is 33.8. The summed E-state index contributed by atoms with van der Waals surface area (Å²) in [4.78, 5) is 21.4. The number of carboxylic acid groups (broad SMARTS) is 2. The smallest absolute Gasteiger partial charge is 0.320 e. The molecule has 0 aromatic heterocycles. The standard InChI is InChI=1S/C11H19NO9/c13-3-6-8(16)9(17)11(20,21-6)4-12-5(10(18)19)1-2-7(14)15/h5-6,8-9,12-13,16-17,20H,1-4H2,(H,14,15)(H,18,19)/t5-,6+,8+,9-,11?/m0/s1. The van der Waals surface area contributed by atoms with Crippen molar-refractivity contribution in [2.75, 3.05) is 13.2 Å². The third-order valence-corrected chi connectivity index (χ3v) is 3.25. The first-order chi connectivity index (χ1) is 9.71. The lowest BCUT2D eigenvalue weighted by molar-refractivity contribution is -0.227. The Morgan fingerprint density at radius 3 is 2.33 bits per heavy atom. The summed E-state index contributed by atoms with van der Waals surface area (Å²) in [5, 5.41) is 57.9. The van der Waals surface area contributed by atoms with E-state index in [0.717, 1.165) is 0 Å². The zero-order valence-corrected chi connectivity index (χ0v) is 11.0. The van der Waals surface area contributed by atoms with Gasteiger partial charge in [-0.1, -0.05) is 0 Å². The molecule has 0 spiro atoms. The van der Waals surface area contributed by atoms with Crippen LogP contribution in [0.3, 0.4) is 0 Å². The quantitative estimate of drug-likeness (QED) is 0.240. The van der Waals surface area contributed by atoms with E-state index < -0.39 is 61.7 Å². The van der Waals surface area contributed by atoms with E-state index in [1.54, 1.807) is 0 Å². The van der Waals surface area contributed by atoms with Crippen LogP contribution in [0.2, 0.25) is 0 Å². The predicted octanol–water partition coefficient (Wildman–Crippen LogP) is -3.30. The number of hydrogen-bond donors (Lipinski definition) is 7. The highest BCUT2D eigenvalue weighted by Gasteiger charge is 2.53. The fourth-order valence-electron chi connectivity index (χ4n) is 2.01. The van der Waals surface area contributed by atoms with Crippen LogP contribution in [0.5, 0.6) is 0 Å². The summed E-state index contributed by atoms with van der Waals surface area (Å²) >= 11 is 0. The van der Waals surface area contributed by atoms with Gasteiger partial charge in [0.1, 0.15) is 24.4 Å². The summed E-state index contributed by atoms with van der Waals surface area (Å²) < 4.78 is 4.91. The van der Waals surface area contributed by atoms with E-state index in [0.29, 0.717) is 0 Å². The Kier molecular flexibility index (Phi) is 6.01. The Bertz CT molecular complexity index is 390.